The molecule has 1 aliphatic carbocycles. The second-order valence-corrected chi connectivity index (χ2v) is 4.98. The monoisotopic (exact) mass is 225 g/mol. The second-order valence-electron chi connectivity index (χ2n) is 4.98. The SMILES string of the molecule is CC=CCN1CCC2=Cc3ccccc3C2C1. The normalized spacial score (nSPS) is 23.6. The van der Waals surface area contributed by atoms with E-state index in [0.717, 1.165) is 6.54 Å². The van der Waals surface area contributed by atoms with Crippen molar-refractivity contribution in [3.05, 3.63) is 53.1 Å². The third-order valence-corrected chi connectivity index (χ3v) is 3.92. The van der Waals surface area contributed by atoms with Crippen LogP contribution in [0.5, 0.6) is 0 Å². The number of fused-ring (bicyclic) bond motifs is 3. The molecule has 1 aliphatic heterocycles. The molecular weight excluding hydrogens is 206 g/mol. The third kappa shape index (κ3) is 1.96. The van der Waals surface area contributed by atoms with Crippen LogP contribution in [0.3, 0.4) is 0 Å². The molecule has 0 N–H and O–H groups in total. The standard InChI is InChI=1S/C16H19N/c1-2-3-9-17-10-8-14-11-13-6-4-5-7-15(13)16(14)12-17/h2-7,11,16H,8-10,12H2,1H3. The smallest absolute Gasteiger partial charge is 0.0186 e. The van der Waals surface area contributed by atoms with Gasteiger partial charge >= 0.3 is 0 Å². The number of piperidine rings is 1. The summed E-state index contributed by atoms with van der Waals surface area (Å²) >= 11 is 0. The predicted molar refractivity (Wildman–Crippen MR) is 73.0 cm³/mol. The Balaban J connectivity index is 1.81. The average Bonchev–Trinajstić information content (AvgIpc) is 2.74. The van der Waals surface area contributed by atoms with E-state index < -0.39 is 0 Å². The van der Waals surface area contributed by atoms with Crippen LogP contribution >= 0.6 is 0 Å². The molecule has 0 aromatic heterocycles. The van der Waals surface area contributed by atoms with Crippen LogP contribution in [0.1, 0.15) is 30.4 Å². The first-order chi connectivity index (χ1) is 8.38. The molecule has 2 aliphatic rings. The fourth-order valence-electron chi connectivity index (χ4n) is 2.98. The van der Waals surface area contributed by atoms with Crippen LogP contribution in [0.25, 0.3) is 6.08 Å². The van der Waals surface area contributed by atoms with Crippen LogP contribution in [0.2, 0.25) is 0 Å². The maximum Gasteiger partial charge on any atom is 0.0186 e. The molecule has 17 heavy (non-hydrogen) atoms. The zero-order valence-corrected chi connectivity index (χ0v) is 10.4. The van der Waals surface area contributed by atoms with E-state index in [2.05, 4.69) is 54.3 Å². The van der Waals surface area contributed by atoms with E-state index in [0.29, 0.717) is 5.92 Å². The number of hydrogen-bond donors (Lipinski definition) is 0. The van der Waals surface area contributed by atoms with Gasteiger partial charge in [-0.2, -0.15) is 0 Å². The lowest BCUT2D eigenvalue weighted by Gasteiger charge is -2.32. The largest absolute Gasteiger partial charge is 0.298 e. The number of nitrogens with zero attached hydrogens (tertiary/aromatic N) is 1. The summed E-state index contributed by atoms with van der Waals surface area (Å²) in [6.07, 6.45) is 8.05. The van der Waals surface area contributed by atoms with Crippen LogP contribution < -0.4 is 0 Å². The van der Waals surface area contributed by atoms with Crippen molar-refractivity contribution in [1.29, 1.82) is 0 Å². The molecule has 1 atom stereocenters. The first-order valence-electron chi connectivity index (χ1n) is 6.51. The molecule has 1 aromatic carbocycles. The lowest BCUT2D eigenvalue weighted by Crippen LogP contribution is -2.34. The summed E-state index contributed by atoms with van der Waals surface area (Å²) < 4.78 is 0. The highest BCUT2D eigenvalue weighted by atomic mass is 15.1. The molecule has 1 heteroatoms. The van der Waals surface area contributed by atoms with Crippen LogP contribution in [0.15, 0.2) is 42.0 Å². The van der Waals surface area contributed by atoms with E-state index >= 15 is 0 Å². The van der Waals surface area contributed by atoms with Crippen molar-refractivity contribution in [1.82, 2.24) is 4.90 Å². The summed E-state index contributed by atoms with van der Waals surface area (Å²) in [5.74, 6) is 0.658. The summed E-state index contributed by atoms with van der Waals surface area (Å²) in [5, 5.41) is 0. The highest BCUT2D eigenvalue weighted by Gasteiger charge is 2.29. The van der Waals surface area contributed by atoms with Crippen LogP contribution in [-0.4, -0.2) is 24.5 Å². The summed E-state index contributed by atoms with van der Waals surface area (Å²) in [5.41, 5.74) is 4.62. The van der Waals surface area contributed by atoms with Crippen LogP contribution in [-0.2, 0) is 0 Å². The minimum absolute atomic E-state index is 0.658. The topological polar surface area (TPSA) is 3.24 Å². The third-order valence-electron chi connectivity index (χ3n) is 3.92. The summed E-state index contributed by atoms with van der Waals surface area (Å²) in [4.78, 5) is 2.56. The van der Waals surface area contributed by atoms with E-state index in [1.54, 1.807) is 5.57 Å². The molecule has 0 radical (unpaired) electrons. The number of benzene rings is 1. The second kappa shape index (κ2) is 4.50. The first-order valence-corrected chi connectivity index (χ1v) is 6.51. The Morgan fingerprint density at radius 3 is 3.12 bits per heavy atom. The van der Waals surface area contributed by atoms with E-state index in [9.17, 15) is 0 Å². The molecule has 0 bridgehead atoms. The van der Waals surface area contributed by atoms with Gasteiger partial charge in [-0.25, -0.2) is 0 Å². The number of allylic oxidation sites excluding steroid dienone is 1. The van der Waals surface area contributed by atoms with Gasteiger partial charge in [0.2, 0.25) is 0 Å². The molecule has 1 aromatic rings. The van der Waals surface area contributed by atoms with Crippen LogP contribution in [0.4, 0.5) is 0 Å². The fourth-order valence-corrected chi connectivity index (χ4v) is 2.98. The lowest BCUT2D eigenvalue weighted by atomic mass is 9.90. The van der Waals surface area contributed by atoms with Gasteiger partial charge < -0.3 is 0 Å². The van der Waals surface area contributed by atoms with Gasteiger partial charge in [-0.1, -0.05) is 48.1 Å². The van der Waals surface area contributed by atoms with Crippen LogP contribution in [0, 0.1) is 0 Å². The van der Waals surface area contributed by atoms with Crippen molar-refractivity contribution >= 4 is 6.08 Å². The van der Waals surface area contributed by atoms with Crippen molar-refractivity contribution in [2.45, 2.75) is 19.3 Å². The van der Waals surface area contributed by atoms with Crippen molar-refractivity contribution in [3.8, 4) is 0 Å². The highest BCUT2D eigenvalue weighted by Crippen LogP contribution is 2.40. The first kappa shape index (κ1) is 10.8. The maximum absolute atomic E-state index is 2.56. The quantitative estimate of drug-likeness (QED) is 0.697. The zero-order valence-electron chi connectivity index (χ0n) is 10.4. The Hall–Kier alpha value is -1.34. The summed E-state index contributed by atoms with van der Waals surface area (Å²) in [6.45, 7) is 5.59. The number of rotatable bonds is 2. The Labute approximate surface area is 103 Å². The lowest BCUT2D eigenvalue weighted by molar-refractivity contribution is 0.267. The molecule has 3 rings (SSSR count). The Morgan fingerprint density at radius 2 is 2.24 bits per heavy atom. The number of likely N-dealkylation sites (tertiary alicyclic amines) is 1. The van der Waals surface area contributed by atoms with E-state index in [1.165, 1.54) is 30.6 Å². The van der Waals surface area contributed by atoms with Gasteiger partial charge in [0, 0.05) is 25.6 Å². The van der Waals surface area contributed by atoms with E-state index in [1.807, 2.05) is 0 Å². The van der Waals surface area contributed by atoms with E-state index in [-0.39, 0.29) is 0 Å². The Bertz CT molecular complexity index is 470. The van der Waals surface area contributed by atoms with Crippen molar-refractivity contribution in [3.63, 3.8) is 0 Å². The minimum Gasteiger partial charge on any atom is -0.298 e. The molecule has 0 spiro atoms. The van der Waals surface area contributed by atoms with Gasteiger partial charge in [-0.15, -0.1) is 0 Å². The predicted octanol–water partition coefficient (Wildman–Crippen LogP) is 3.45. The minimum atomic E-state index is 0.658. The average molecular weight is 225 g/mol. The molecule has 1 unspecified atom stereocenters. The van der Waals surface area contributed by atoms with Crippen molar-refractivity contribution in [2.24, 2.45) is 0 Å². The van der Waals surface area contributed by atoms with Gasteiger partial charge in [0.25, 0.3) is 0 Å². The van der Waals surface area contributed by atoms with Gasteiger partial charge in [0.05, 0.1) is 0 Å². The van der Waals surface area contributed by atoms with Gasteiger partial charge in [-0.3, -0.25) is 4.90 Å². The molecule has 1 fully saturated rings. The summed E-state index contributed by atoms with van der Waals surface area (Å²) in [7, 11) is 0. The van der Waals surface area contributed by atoms with Gasteiger partial charge in [0.15, 0.2) is 0 Å². The van der Waals surface area contributed by atoms with Gasteiger partial charge in [0.1, 0.15) is 0 Å². The molecule has 88 valence electrons. The van der Waals surface area contributed by atoms with E-state index in [4.69, 9.17) is 0 Å². The Morgan fingerprint density at radius 1 is 1.35 bits per heavy atom. The maximum atomic E-state index is 2.56. The van der Waals surface area contributed by atoms with Crippen molar-refractivity contribution in [2.75, 3.05) is 19.6 Å². The highest BCUT2D eigenvalue weighted by molar-refractivity contribution is 5.67. The fraction of sp³-hybridized carbons (Fsp3) is 0.375. The Kier molecular flexibility index (Phi) is 2.86. The molecule has 0 amide bonds. The molecular formula is C16H19N. The molecule has 1 saturated heterocycles. The van der Waals surface area contributed by atoms with Crippen molar-refractivity contribution < 1.29 is 0 Å². The molecule has 0 saturated carbocycles. The zero-order chi connectivity index (χ0) is 11.7. The molecule has 1 heterocycles. The summed E-state index contributed by atoms with van der Waals surface area (Å²) in [6, 6.07) is 8.85. The molecule has 1 nitrogen and oxygen atoms in total. The van der Waals surface area contributed by atoms with Gasteiger partial charge in [-0.05, 0) is 24.5 Å². The number of hydrogen-bond acceptors (Lipinski definition) is 1.